The molecule has 1 aromatic carbocycles. The molecule has 19 heavy (non-hydrogen) atoms. The minimum absolute atomic E-state index is 0.108. The van der Waals surface area contributed by atoms with E-state index >= 15 is 0 Å². The standard InChI is InChI=1S/C13H10BrN3O2/c14-10-3-4-11(12(18)6-10)13(19)17-16-8-9-2-1-5-15-7-9/h1-8,18H,(H,17,19). The Morgan fingerprint density at radius 2 is 2.26 bits per heavy atom. The van der Waals surface area contributed by atoms with E-state index in [-0.39, 0.29) is 11.3 Å². The van der Waals surface area contributed by atoms with Crippen molar-refractivity contribution in [2.45, 2.75) is 0 Å². The van der Waals surface area contributed by atoms with Crippen LogP contribution >= 0.6 is 15.9 Å². The van der Waals surface area contributed by atoms with Gasteiger partial charge in [0.1, 0.15) is 5.75 Å². The lowest BCUT2D eigenvalue weighted by Gasteiger charge is -2.03. The van der Waals surface area contributed by atoms with Crippen molar-refractivity contribution in [3.8, 4) is 5.75 Å². The number of halogens is 1. The number of nitrogens with one attached hydrogen (secondary N) is 1. The molecule has 5 nitrogen and oxygen atoms in total. The van der Waals surface area contributed by atoms with Crippen molar-refractivity contribution in [3.63, 3.8) is 0 Å². The maximum atomic E-state index is 11.8. The third-order valence-corrected chi connectivity index (χ3v) is 2.76. The Bertz CT molecular complexity index is 615. The fraction of sp³-hybridized carbons (Fsp3) is 0. The van der Waals surface area contributed by atoms with Gasteiger partial charge in [0.05, 0.1) is 11.8 Å². The van der Waals surface area contributed by atoms with Gasteiger partial charge in [-0.3, -0.25) is 9.78 Å². The highest BCUT2D eigenvalue weighted by molar-refractivity contribution is 9.10. The van der Waals surface area contributed by atoms with E-state index in [2.05, 4.69) is 31.4 Å². The summed E-state index contributed by atoms with van der Waals surface area (Å²) in [4.78, 5) is 15.7. The van der Waals surface area contributed by atoms with E-state index in [0.29, 0.717) is 4.47 Å². The van der Waals surface area contributed by atoms with Crippen LogP contribution in [-0.4, -0.2) is 22.2 Å². The van der Waals surface area contributed by atoms with Gasteiger partial charge >= 0.3 is 0 Å². The molecule has 6 heteroatoms. The molecule has 0 aliphatic rings. The first kappa shape index (κ1) is 13.2. The first-order chi connectivity index (χ1) is 9.16. The molecule has 2 aromatic rings. The fourth-order valence-electron chi connectivity index (χ4n) is 1.37. The number of carbonyl (C=O) groups excluding carboxylic acids is 1. The topological polar surface area (TPSA) is 74.6 Å². The largest absolute Gasteiger partial charge is 0.507 e. The molecule has 0 aliphatic carbocycles. The van der Waals surface area contributed by atoms with Gasteiger partial charge in [-0.05, 0) is 24.3 Å². The zero-order chi connectivity index (χ0) is 13.7. The summed E-state index contributed by atoms with van der Waals surface area (Å²) in [5.41, 5.74) is 3.26. The Balaban J connectivity index is 2.04. The minimum atomic E-state index is -0.481. The number of nitrogens with zero attached hydrogens (tertiary/aromatic N) is 2. The maximum absolute atomic E-state index is 11.8. The van der Waals surface area contributed by atoms with E-state index in [9.17, 15) is 9.90 Å². The van der Waals surface area contributed by atoms with Crippen LogP contribution in [0.1, 0.15) is 15.9 Å². The molecule has 0 bridgehead atoms. The quantitative estimate of drug-likeness (QED) is 0.673. The number of amides is 1. The van der Waals surface area contributed by atoms with Gasteiger partial charge in [-0.25, -0.2) is 5.43 Å². The van der Waals surface area contributed by atoms with E-state index in [1.807, 2.05) is 0 Å². The van der Waals surface area contributed by atoms with Crippen LogP contribution in [0.3, 0.4) is 0 Å². The molecular formula is C13H10BrN3O2. The van der Waals surface area contributed by atoms with Crippen LogP contribution < -0.4 is 5.43 Å². The SMILES string of the molecule is O=C(NN=Cc1cccnc1)c1ccc(Br)cc1O. The van der Waals surface area contributed by atoms with Gasteiger partial charge in [0, 0.05) is 22.4 Å². The van der Waals surface area contributed by atoms with Crippen LogP contribution in [0, 0.1) is 0 Å². The molecule has 1 aromatic heterocycles. The van der Waals surface area contributed by atoms with Gasteiger partial charge in [0.25, 0.3) is 5.91 Å². The second-order valence-electron chi connectivity index (χ2n) is 3.65. The number of rotatable bonds is 3. The van der Waals surface area contributed by atoms with Crippen LogP contribution in [0.2, 0.25) is 0 Å². The van der Waals surface area contributed by atoms with Crippen LogP contribution in [0.5, 0.6) is 5.75 Å². The molecule has 0 aliphatic heterocycles. The summed E-state index contributed by atoms with van der Waals surface area (Å²) in [6.45, 7) is 0. The zero-order valence-corrected chi connectivity index (χ0v) is 11.3. The number of pyridine rings is 1. The van der Waals surface area contributed by atoms with Crippen LogP contribution in [0.4, 0.5) is 0 Å². The summed E-state index contributed by atoms with van der Waals surface area (Å²) in [7, 11) is 0. The molecule has 1 amide bonds. The number of phenolic OH excluding ortho intramolecular Hbond substituents is 1. The van der Waals surface area contributed by atoms with Crippen LogP contribution in [0.25, 0.3) is 0 Å². The molecule has 0 radical (unpaired) electrons. The molecule has 2 rings (SSSR count). The number of hydrogen-bond donors (Lipinski definition) is 2. The second-order valence-corrected chi connectivity index (χ2v) is 4.56. The van der Waals surface area contributed by atoms with E-state index in [1.165, 1.54) is 18.3 Å². The van der Waals surface area contributed by atoms with Crippen molar-refractivity contribution in [3.05, 3.63) is 58.3 Å². The van der Waals surface area contributed by atoms with E-state index in [0.717, 1.165) is 5.56 Å². The smallest absolute Gasteiger partial charge is 0.275 e. The van der Waals surface area contributed by atoms with Crippen molar-refractivity contribution < 1.29 is 9.90 Å². The molecule has 0 saturated carbocycles. The summed E-state index contributed by atoms with van der Waals surface area (Å²) in [6.07, 6.45) is 4.74. The summed E-state index contributed by atoms with van der Waals surface area (Å²) in [5, 5.41) is 13.4. The summed E-state index contributed by atoms with van der Waals surface area (Å²) in [5.74, 6) is -0.589. The Morgan fingerprint density at radius 1 is 1.42 bits per heavy atom. The van der Waals surface area contributed by atoms with Crippen LogP contribution in [0.15, 0.2) is 52.3 Å². The highest BCUT2D eigenvalue weighted by Crippen LogP contribution is 2.21. The second kappa shape index (κ2) is 6.10. The summed E-state index contributed by atoms with van der Waals surface area (Å²) in [6, 6.07) is 8.19. The van der Waals surface area contributed by atoms with Gasteiger partial charge < -0.3 is 5.11 Å². The van der Waals surface area contributed by atoms with Gasteiger partial charge in [0.2, 0.25) is 0 Å². The lowest BCUT2D eigenvalue weighted by atomic mass is 10.2. The molecule has 2 N–H and O–H groups in total. The first-order valence-corrected chi connectivity index (χ1v) is 6.18. The average Bonchev–Trinajstić information content (AvgIpc) is 2.39. The molecule has 1 heterocycles. The molecule has 0 spiro atoms. The third kappa shape index (κ3) is 3.62. The first-order valence-electron chi connectivity index (χ1n) is 5.39. The predicted molar refractivity (Wildman–Crippen MR) is 75.1 cm³/mol. The normalized spacial score (nSPS) is 10.6. The molecule has 0 saturated heterocycles. The zero-order valence-electron chi connectivity index (χ0n) is 9.75. The van der Waals surface area contributed by atoms with Crippen molar-refractivity contribution in [2.75, 3.05) is 0 Å². The highest BCUT2D eigenvalue weighted by Gasteiger charge is 2.09. The summed E-state index contributed by atoms with van der Waals surface area (Å²) < 4.78 is 0.695. The third-order valence-electron chi connectivity index (χ3n) is 2.27. The highest BCUT2D eigenvalue weighted by atomic mass is 79.9. The number of phenols is 1. The summed E-state index contributed by atoms with van der Waals surface area (Å²) >= 11 is 3.20. The van der Waals surface area contributed by atoms with E-state index in [4.69, 9.17) is 0 Å². The minimum Gasteiger partial charge on any atom is -0.507 e. The number of hydrazone groups is 1. The van der Waals surface area contributed by atoms with Gasteiger partial charge in [-0.1, -0.05) is 22.0 Å². The van der Waals surface area contributed by atoms with Crippen molar-refractivity contribution in [1.29, 1.82) is 0 Å². The Morgan fingerprint density at radius 3 is 2.95 bits per heavy atom. The fourth-order valence-corrected chi connectivity index (χ4v) is 1.72. The molecule has 0 unspecified atom stereocenters. The maximum Gasteiger partial charge on any atom is 0.275 e. The van der Waals surface area contributed by atoms with Crippen molar-refractivity contribution >= 4 is 28.1 Å². The lowest BCUT2D eigenvalue weighted by Crippen LogP contribution is -2.17. The average molecular weight is 320 g/mol. The van der Waals surface area contributed by atoms with Gasteiger partial charge in [-0.2, -0.15) is 5.10 Å². The van der Waals surface area contributed by atoms with E-state index < -0.39 is 5.91 Å². The van der Waals surface area contributed by atoms with Crippen LogP contribution in [-0.2, 0) is 0 Å². The Hall–Kier alpha value is -2.21. The number of hydrogen-bond acceptors (Lipinski definition) is 4. The Labute approximate surface area is 118 Å². The lowest BCUT2D eigenvalue weighted by molar-refractivity contribution is 0.0952. The van der Waals surface area contributed by atoms with Crippen molar-refractivity contribution in [1.82, 2.24) is 10.4 Å². The molecule has 0 fully saturated rings. The van der Waals surface area contributed by atoms with Gasteiger partial charge in [0.15, 0.2) is 0 Å². The Kier molecular flexibility index (Phi) is 4.25. The number of aromatic nitrogens is 1. The number of aromatic hydroxyl groups is 1. The number of benzene rings is 1. The monoisotopic (exact) mass is 319 g/mol. The molecular weight excluding hydrogens is 310 g/mol. The molecule has 96 valence electrons. The van der Waals surface area contributed by atoms with E-state index in [1.54, 1.807) is 30.6 Å². The number of carbonyl (C=O) groups is 1. The van der Waals surface area contributed by atoms with Crippen molar-refractivity contribution in [2.24, 2.45) is 5.10 Å². The molecule has 0 atom stereocenters. The predicted octanol–water partition coefficient (Wildman–Crippen LogP) is 2.31. The van der Waals surface area contributed by atoms with Gasteiger partial charge in [-0.15, -0.1) is 0 Å².